The second-order valence-electron chi connectivity index (χ2n) is 8.35. The molecule has 28 heavy (non-hydrogen) atoms. The van der Waals surface area contributed by atoms with Crippen molar-refractivity contribution < 1.29 is 9.59 Å². The maximum Gasteiger partial charge on any atom is 0.233 e. The minimum absolute atomic E-state index is 0.0420. The topological polar surface area (TPSA) is 62.3 Å². The lowest BCUT2D eigenvalue weighted by Crippen LogP contribution is -2.37. The number of hydrogen-bond donors (Lipinski definition) is 1. The van der Waals surface area contributed by atoms with Gasteiger partial charge in [-0.15, -0.1) is 0 Å². The van der Waals surface area contributed by atoms with Gasteiger partial charge in [0.2, 0.25) is 11.8 Å². The Balaban J connectivity index is 1.31. The number of aromatic nitrogens is 1. The molecule has 2 saturated heterocycles. The first-order valence-corrected chi connectivity index (χ1v) is 10.2. The normalized spacial score (nSPS) is 25.6. The van der Waals surface area contributed by atoms with Gasteiger partial charge in [-0.2, -0.15) is 0 Å². The van der Waals surface area contributed by atoms with E-state index >= 15 is 0 Å². The van der Waals surface area contributed by atoms with Gasteiger partial charge in [-0.25, -0.2) is 0 Å². The van der Waals surface area contributed by atoms with E-state index in [0.29, 0.717) is 5.92 Å². The lowest BCUT2D eigenvalue weighted by Gasteiger charge is -2.24. The molecule has 1 aromatic heterocycles. The number of carbonyl (C=O) groups excluding carboxylic acids is 2. The Morgan fingerprint density at radius 3 is 2.43 bits per heavy atom. The standard InChI is InChI=1S/C23H25N3O2/c27-21-20(7-13-25-21)17-1-3-19(4-2-17)23(9-10-23)22(28)26-14-8-18(15-26)16-5-11-24-12-6-16/h1-6,11-12,18,20H,7-10,13-15H2,(H,25,27). The van der Waals surface area contributed by atoms with E-state index in [0.717, 1.165) is 56.4 Å². The van der Waals surface area contributed by atoms with Crippen LogP contribution in [0.4, 0.5) is 0 Å². The van der Waals surface area contributed by atoms with Gasteiger partial charge in [-0.3, -0.25) is 14.6 Å². The van der Waals surface area contributed by atoms with E-state index < -0.39 is 0 Å². The Hall–Kier alpha value is -2.69. The van der Waals surface area contributed by atoms with Crippen LogP contribution in [0.2, 0.25) is 0 Å². The second-order valence-corrected chi connectivity index (χ2v) is 8.35. The SMILES string of the molecule is O=C1NCCC1c1ccc(C2(C(=O)N3CCC(c4ccncc4)C3)CC2)cc1. The quantitative estimate of drug-likeness (QED) is 0.894. The van der Waals surface area contributed by atoms with Crippen molar-refractivity contribution in [2.75, 3.05) is 19.6 Å². The first-order valence-electron chi connectivity index (χ1n) is 10.2. The predicted octanol–water partition coefficient (Wildman–Crippen LogP) is 2.73. The molecule has 2 aromatic rings. The van der Waals surface area contributed by atoms with Crippen LogP contribution in [0.15, 0.2) is 48.8 Å². The zero-order valence-electron chi connectivity index (χ0n) is 15.9. The van der Waals surface area contributed by atoms with Crippen LogP contribution in [0.1, 0.15) is 54.2 Å². The zero-order chi connectivity index (χ0) is 19.1. The predicted molar refractivity (Wildman–Crippen MR) is 106 cm³/mol. The van der Waals surface area contributed by atoms with Gasteiger partial charge < -0.3 is 10.2 Å². The molecule has 3 heterocycles. The van der Waals surface area contributed by atoms with Crippen LogP contribution in [0.25, 0.3) is 0 Å². The van der Waals surface area contributed by atoms with E-state index in [1.807, 2.05) is 24.5 Å². The number of nitrogens with one attached hydrogen (secondary N) is 1. The van der Waals surface area contributed by atoms with Crippen LogP contribution < -0.4 is 5.32 Å². The summed E-state index contributed by atoms with van der Waals surface area (Å²) in [5, 5.41) is 2.89. The minimum atomic E-state index is -0.344. The largest absolute Gasteiger partial charge is 0.356 e. The number of hydrogen-bond acceptors (Lipinski definition) is 3. The summed E-state index contributed by atoms with van der Waals surface area (Å²) in [5.74, 6) is 0.755. The highest BCUT2D eigenvalue weighted by atomic mass is 16.2. The molecule has 5 rings (SSSR count). The lowest BCUT2D eigenvalue weighted by atomic mass is 9.90. The van der Waals surface area contributed by atoms with E-state index in [4.69, 9.17) is 0 Å². The summed E-state index contributed by atoms with van der Waals surface area (Å²) in [4.78, 5) is 31.4. The van der Waals surface area contributed by atoms with Crippen molar-refractivity contribution in [3.8, 4) is 0 Å². The summed E-state index contributed by atoms with van der Waals surface area (Å²) in [6, 6.07) is 12.3. The maximum absolute atomic E-state index is 13.3. The Labute approximate surface area is 165 Å². The van der Waals surface area contributed by atoms with Crippen molar-refractivity contribution in [3.63, 3.8) is 0 Å². The third-order valence-corrected chi connectivity index (χ3v) is 6.73. The average Bonchev–Trinajstić information content (AvgIpc) is 3.19. The molecule has 144 valence electrons. The van der Waals surface area contributed by atoms with Gasteiger partial charge in [0.25, 0.3) is 0 Å². The highest BCUT2D eigenvalue weighted by molar-refractivity contribution is 5.92. The number of pyridine rings is 1. The van der Waals surface area contributed by atoms with Crippen LogP contribution in [0, 0.1) is 0 Å². The summed E-state index contributed by atoms with van der Waals surface area (Å²) in [5.41, 5.74) is 3.09. The Kier molecular flexibility index (Phi) is 4.18. The number of likely N-dealkylation sites (tertiary alicyclic amines) is 1. The Bertz CT molecular complexity index is 890. The summed E-state index contributed by atoms with van der Waals surface area (Å²) < 4.78 is 0. The van der Waals surface area contributed by atoms with E-state index in [1.54, 1.807) is 0 Å². The number of benzene rings is 1. The fourth-order valence-electron chi connectivity index (χ4n) is 4.85. The molecule has 2 aliphatic heterocycles. The molecule has 2 unspecified atom stereocenters. The van der Waals surface area contributed by atoms with Crippen molar-refractivity contribution in [1.29, 1.82) is 0 Å². The fourth-order valence-corrected chi connectivity index (χ4v) is 4.85. The van der Waals surface area contributed by atoms with Gasteiger partial charge in [0.05, 0.1) is 11.3 Å². The average molecular weight is 375 g/mol. The minimum Gasteiger partial charge on any atom is -0.356 e. The molecule has 3 aliphatic rings. The highest BCUT2D eigenvalue weighted by Gasteiger charge is 2.53. The molecule has 5 heteroatoms. The summed E-state index contributed by atoms with van der Waals surface area (Å²) in [7, 11) is 0. The van der Waals surface area contributed by atoms with Gasteiger partial charge in [0, 0.05) is 37.9 Å². The van der Waals surface area contributed by atoms with Gasteiger partial charge >= 0.3 is 0 Å². The first kappa shape index (κ1) is 17.4. The summed E-state index contributed by atoms with van der Waals surface area (Å²) in [6.07, 6.45) is 7.37. The molecule has 1 aliphatic carbocycles. The van der Waals surface area contributed by atoms with E-state index in [-0.39, 0.29) is 23.1 Å². The summed E-state index contributed by atoms with van der Waals surface area (Å²) >= 11 is 0. The molecule has 0 bridgehead atoms. The van der Waals surface area contributed by atoms with Crippen molar-refractivity contribution in [3.05, 3.63) is 65.5 Å². The van der Waals surface area contributed by atoms with Crippen LogP contribution in [0.5, 0.6) is 0 Å². The van der Waals surface area contributed by atoms with Crippen molar-refractivity contribution in [2.24, 2.45) is 0 Å². The molecule has 1 aromatic carbocycles. The fraction of sp³-hybridized carbons (Fsp3) is 0.435. The second kappa shape index (κ2) is 6.73. The van der Waals surface area contributed by atoms with Crippen molar-refractivity contribution in [2.45, 2.75) is 42.9 Å². The lowest BCUT2D eigenvalue weighted by molar-refractivity contribution is -0.133. The molecular formula is C23H25N3O2. The van der Waals surface area contributed by atoms with Crippen LogP contribution in [-0.4, -0.2) is 41.3 Å². The maximum atomic E-state index is 13.3. The van der Waals surface area contributed by atoms with Gasteiger partial charge in [0.1, 0.15) is 0 Å². The first-order chi connectivity index (χ1) is 13.7. The molecule has 1 N–H and O–H groups in total. The molecule has 2 amide bonds. The Morgan fingerprint density at radius 2 is 1.79 bits per heavy atom. The van der Waals surface area contributed by atoms with Crippen LogP contribution in [0.3, 0.4) is 0 Å². The number of rotatable bonds is 4. The molecule has 0 radical (unpaired) electrons. The van der Waals surface area contributed by atoms with Gasteiger partial charge in [-0.05, 0) is 54.5 Å². The molecule has 0 spiro atoms. The van der Waals surface area contributed by atoms with Crippen molar-refractivity contribution in [1.82, 2.24) is 15.2 Å². The zero-order valence-corrected chi connectivity index (χ0v) is 15.9. The molecular weight excluding hydrogens is 350 g/mol. The van der Waals surface area contributed by atoms with E-state index in [9.17, 15) is 9.59 Å². The molecule has 2 atom stereocenters. The van der Waals surface area contributed by atoms with Gasteiger partial charge in [-0.1, -0.05) is 24.3 Å². The third kappa shape index (κ3) is 2.89. The highest BCUT2D eigenvalue weighted by Crippen LogP contribution is 2.50. The van der Waals surface area contributed by atoms with Crippen molar-refractivity contribution >= 4 is 11.8 Å². The smallest absolute Gasteiger partial charge is 0.233 e. The van der Waals surface area contributed by atoms with E-state index in [2.05, 4.69) is 39.5 Å². The number of amides is 2. The third-order valence-electron chi connectivity index (χ3n) is 6.73. The monoisotopic (exact) mass is 375 g/mol. The molecule has 3 fully saturated rings. The van der Waals surface area contributed by atoms with Crippen LogP contribution in [-0.2, 0) is 15.0 Å². The van der Waals surface area contributed by atoms with Gasteiger partial charge in [0.15, 0.2) is 0 Å². The Morgan fingerprint density at radius 1 is 1.04 bits per heavy atom. The van der Waals surface area contributed by atoms with Crippen LogP contribution >= 0.6 is 0 Å². The molecule has 1 saturated carbocycles. The number of nitrogens with zero attached hydrogens (tertiary/aromatic N) is 2. The van der Waals surface area contributed by atoms with E-state index in [1.165, 1.54) is 5.56 Å². The molecule has 5 nitrogen and oxygen atoms in total. The summed E-state index contributed by atoms with van der Waals surface area (Å²) in [6.45, 7) is 2.38. The number of carbonyl (C=O) groups is 2.